The van der Waals surface area contributed by atoms with E-state index >= 15 is 0 Å². The maximum Gasteiger partial charge on any atom is 0.324 e. The number of pyridine rings is 1. The fourth-order valence-electron chi connectivity index (χ4n) is 9.21. The minimum absolute atomic E-state index is 0.129. The van der Waals surface area contributed by atoms with Crippen LogP contribution in [0.2, 0.25) is 0 Å². The zero-order chi connectivity index (χ0) is 48.3. The number of rotatable bonds is 11. The van der Waals surface area contributed by atoms with E-state index in [0.717, 1.165) is 56.2 Å². The van der Waals surface area contributed by atoms with Crippen molar-refractivity contribution in [2.75, 3.05) is 32.6 Å². The Morgan fingerprint density at radius 1 is 1.09 bits per heavy atom. The molecule has 7 rings (SSSR count). The van der Waals surface area contributed by atoms with Gasteiger partial charge in [-0.1, -0.05) is 64.6 Å². The number of fused-ring (bicyclic) bond motifs is 6. The number of ether oxygens (including phenoxy) is 2. The molecule has 2 aromatic carbocycles. The van der Waals surface area contributed by atoms with Crippen molar-refractivity contribution < 1.29 is 33.4 Å². The van der Waals surface area contributed by atoms with E-state index in [1.807, 2.05) is 39.0 Å². The Morgan fingerprint density at radius 2 is 1.85 bits per heavy atom. The van der Waals surface area contributed by atoms with Gasteiger partial charge in [0.15, 0.2) is 0 Å². The Morgan fingerprint density at radius 3 is 2.57 bits per heavy atom. The molecule has 3 atom stereocenters. The van der Waals surface area contributed by atoms with Crippen molar-refractivity contribution in [2.45, 2.75) is 91.6 Å². The molecule has 0 saturated carbocycles. The van der Waals surface area contributed by atoms with E-state index in [-0.39, 0.29) is 41.8 Å². The van der Waals surface area contributed by atoms with Gasteiger partial charge in [-0.3, -0.25) is 39.3 Å². The molecule has 353 valence electrons. The van der Waals surface area contributed by atoms with Crippen molar-refractivity contribution in [3.8, 4) is 22.4 Å². The molecule has 1 fully saturated rings. The zero-order valence-electron chi connectivity index (χ0n) is 39.9. The van der Waals surface area contributed by atoms with Gasteiger partial charge in [0, 0.05) is 62.4 Å². The lowest BCUT2D eigenvalue weighted by molar-refractivity contribution is -0.151. The van der Waals surface area contributed by atoms with Gasteiger partial charge in [-0.2, -0.15) is 0 Å². The average molecular weight is 929 g/mol. The summed E-state index contributed by atoms with van der Waals surface area (Å²) < 4.78 is 15.7. The predicted molar refractivity (Wildman–Crippen MR) is 259 cm³/mol. The van der Waals surface area contributed by atoms with Gasteiger partial charge in [0.25, 0.3) is 14.9 Å². The number of imidazole rings is 1. The lowest BCUT2D eigenvalue weighted by atomic mass is 9.84. The van der Waals surface area contributed by atoms with Gasteiger partial charge in [0.1, 0.15) is 17.8 Å². The first-order chi connectivity index (χ1) is 32.0. The summed E-state index contributed by atoms with van der Waals surface area (Å²) in [6.45, 7) is 16.6. The van der Waals surface area contributed by atoms with Gasteiger partial charge in [0.2, 0.25) is 23.3 Å². The zero-order valence-corrected chi connectivity index (χ0v) is 40.9. The van der Waals surface area contributed by atoms with E-state index in [1.165, 1.54) is 27.7 Å². The first kappa shape index (κ1) is 48.5. The van der Waals surface area contributed by atoms with Crippen LogP contribution in [-0.4, -0.2) is 107 Å². The third kappa shape index (κ3) is 10.1. The number of carbonyl (C=O) groups excluding carboxylic acids is 5. The molecule has 1 saturated heterocycles. The maximum atomic E-state index is 14.8. The molecule has 16 nitrogen and oxygen atoms in total. The van der Waals surface area contributed by atoms with Crippen LogP contribution in [0.25, 0.3) is 33.3 Å². The SMILES string of the molecule is C=CC(=O)Nc1ncc(C(=O)N(C)[C@H](C(=O)N[Si]2Cc3cccc(c3)-c3ccc4c(c3)c(c(-c3cccnc3[C@H](C)OC)n4CC)CC(C)(C)COC(=O)[C@@H]3CCCN(N3)C2=O)C(C)C)n1C. The van der Waals surface area contributed by atoms with Gasteiger partial charge in [-0.25, -0.2) is 10.4 Å². The van der Waals surface area contributed by atoms with Crippen molar-refractivity contribution in [2.24, 2.45) is 18.4 Å². The summed E-state index contributed by atoms with van der Waals surface area (Å²) in [5.41, 5.74) is 10.3. The minimum atomic E-state index is -2.51. The second kappa shape index (κ2) is 20.2. The molecular formula is C50H62N9O7Si. The summed E-state index contributed by atoms with van der Waals surface area (Å²) in [6, 6.07) is 17.0. The van der Waals surface area contributed by atoms with E-state index in [1.54, 1.807) is 20.4 Å². The number of methoxy groups -OCH3 is 1. The van der Waals surface area contributed by atoms with E-state index < -0.39 is 50.1 Å². The Balaban J connectivity index is 1.30. The highest BCUT2D eigenvalue weighted by molar-refractivity contribution is 6.88. The van der Waals surface area contributed by atoms with Crippen molar-refractivity contribution >= 4 is 55.0 Å². The first-order valence-electron chi connectivity index (χ1n) is 22.8. The largest absolute Gasteiger partial charge is 0.464 e. The summed E-state index contributed by atoms with van der Waals surface area (Å²) >= 11 is 0. The molecule has 17 heteroatoms. The van der Waals surface area contributed by atoms with Crippen LogP contribution in [0.5, 0.6) is 0 Å². The summed E-state index contributed by atoms with van der Waals surface area (Å²) in [5, 5.41) is 5.10. The van der Waals surface area contributed by atoms with Gasteiger partial charge in [-0.15, -0.1) is 0 Å². The molecule has 2 aliphatic heterocycles. The number of hydrogen-bond acceptors (Lipinski definition) is 10. The van der Waals surface area contributed by atoms with Crippen molar-refractivity contribution in [3.63, 3.8) is 0 Å². The standard InChI is InChI=1S/C50H62N9O7Si/c1-11-41(60)53-48-52-27-40(56(48)8)46(62)57(9)43(30(3)4)45(61)55-67-28-32-16-13-17-33(24-32)34-20-21-39-36(25-34)37(44(58(39)12-2)35-18-14-22-51-42(35)31(5)65-10)26-50(6,7)29-66-47(63)38-19-15-23-59(54-38)49(67)64/h11,13-14,16-18,20-22,24-25,27,30-31,38,43,54H,1,12,15,19,23,26,28-29H2,2-10H3,(H,55,61)(H,52,53,60)/t31-,38-,43-/m0/s1. The molecule has 4 amide bonds. The summed E-state index contributed by atoms with van der Waals surface area (Å²) in [7, 11) is 2.30. The van der Waals surface area contributed by atoms with Crippen molar-refractivity contribution in [1.82, 2.24) is 39.4 Å². The number of esters is 1. The molecule has 1 radical (unpaired) electrons. The Kier molecular flexibility index (Phi) is 14.6. The number of hydrazine groups is 1. The van der Waals surface area contributed by atoms with Crippen LogP contribution in [0.4, 0.5) is 10.7 Å². The van der Waals surface area contributed by atoms with Crippen LogP contribution in [0.3, 0.4) is 0 Å². The van der Waals surface area contributed by atoms with E-state index in [4.69, 9.17) is 14.5 Å². The molecule has 6 bridgehead atoms. The number of cyclic esters (lactones) is 1. The Bertz CT molecular complexity index is 2710. The molecule has 67 heavy (non-hydrogen) atoms. The van der Waals surface area contributed by atoms with Gasteiger partial charge in [0.05, 0.1) is 30.3 Å². The lowest BCUT2D eigenvalue weighted by Gasteiger charge is -2.36. The average Bonchev–Trinajstić information content (AvgIpc) is 3.83. The van der Waals surface area contributed by atoms with Crippen LogP contribution < -0.4 is 15.7 Å². The highest BCUT2D eigenvalue weighted by atomic mass is 28.3. The number of aromatic nitrogens is 4. The minimum Gasteiger partial charge on any atom is -0.464 e. The summed E-state index contributed by atoms with van der Waals surface area (Å²) in [4.78, 5) is 82.8. The quantitative estimate of drug-likeness (QED) is 0.0730. The second-order valence-corrected chi connectivity index (χ2v) is 20.5. The third-order valence-corrected chi connectivity index (χ3v) is 14.8. The number of hydrogen-bond donors (Lipinski definition) is 3. The number of nitrogens with zero attached hydrogens (tertiary/aromatic N) is 6. The molecular weight excluding hydrogens is 867 g/mol. The smallest absolute Gasteiger partial charge is 0.324 e. The van der Waals surface area contributed by atoms with Crippen LogP contribution in [0.1, 0.15) is 87.8 Å². The summed E-state index contributed by atoms with van der Waals surface area (Å²) in [5.74, 6) is -2.16. The molecule has 0 spiro atoms. The van der Waals surface area contributed by atoms with Crippen LogP contribution >= 0.6 is 0 Å². The fourth-order valence-corrected chi connectivity index (χ4v) is 11.1. The maximum absolute atomic E-state index is 14.8. The summed E-state index contributed by atoms with van der Waals surface area (Å²) in [6.07, 6.45) is 5.56. The number of benzene rings is 2. The molecule has 2 aliphatic rings. The van der Waals surface area contributed by atoms with Crippen molar-refractivity contribution in [3.05, 3.63) is 102 Å². The van der Waals surface area contributed by atoms with Gasteiger partial charge in [-0.05, 0) is 97.7 Å². The molecule has 5 aromatic rings. The number of anilines is 1. The molecule has 3 aromatic heterocycles. The Hall–Kier alpha value is -6.43. The number of amides is 4. The van der Waals surface area contributed by atoms with E-state index in [0.29, 0.717) is 32.4 Å². The third-order valence-electron chi connectivity index (χ3n) is 12.7. The van der Waals surface area contributed by atoms with Crippen LogP contribution in [0, 0.1) is 11.3 Å². The normalized spacial score (nSPS) is 17.6. The van der Waals surface area contributed by atoms with Crippen LogP contribution in [-0.2, 0) is 49.9 Å². The molecule has 0 aliphatic carbocycles. The van der Waals surface area contributed by atoms with Gasteiger partial charge < -0.3 is 28.5 Å². The van der Waals surface area contributed by atoms with Gasteiger partial charge >= 0.3 is 5.97 Å². The van der Waals surface area contributed by atoms with E-state index in [9.17, 15) is 24.0 Å². The predicted octanol–water partition coefficient (Wildman–Crippen LogP) is 6.74. The number of nitrogens with one attached hydrogen (secondary N) is 3. The number of carbonyl (C=O) groups is 5. The molecule has 0 unspecified atom stereocenters. The fraction of sp³-hybridized carbons (Fsp3) is 0.420. The first-order valence-corrected chi connectivity index (χ1v) is 24.5. The van der Waals surface area contributed by atoms with E-state index in [2.05, 4.69) is 89.0 Å². The monoisotopic (exact) mass is 928 g/mol. The number of aryl methyl sites for hydroxylation is 1. The highest BCUT2D eigenvalue weighted by Crippen LogP contribution is 2.42. The molecule has 3 N–H and O–H groups in total. The van der Waals surface area contributed by atoms with Crippen LogP contribution in [0.15, 0.2) is 79.6 Å². The lowest BCUT2D eigenvalue weighted by Crippen LogP contribution is -2.63. The highest BCUT2D eigenvalue weighted by Gasteiger charge is 2.39. The number of likely N-dealkylation sites (N-methyl/N-ethyl adjacent to an activating group) is 1. The second-order valence-electron chi connectivity index (χ2n) is 18.5. The molecule has 5 heterocycles. The topological polar surface area (TPSA) is 182 Å². The van der Waals surface area contributed by atoms with Crippen molar-refractivity contribution in [1.29, 1.82) is 0 Å². The Labute approximate surface area is 393 Å².